The van der Waals surface area contributed by atoms with E-state index >= 15 is 0 Å². The molecule has 4 aromatic rings. The van der Waals surface area contributed by atoms with Crippen LogP contribution in [0.4, 0.5) is 0 Å². The van der Waals surface area contributed by atoms with Crippen molar-refractivity contribution < 1.29 is 4.57 Å². The van der Waals surface area contributed by atoms with Crippen LogP contribution in [0.5, 0.6) is 0 Å². The number of pyridine rings is 1. The highest BCUT2D eigenvalue weighted by Crippen LogP contribution is 2.33. The molecule has 0 aliphatic carbocycles. The number of nitrogens with zero attached hydrogens (tertiary/aromatic N) is 2. The number of aromatic amines is 1. The third-order valence-electron chi connectivity index (χ3n) is 4.99. The molecule has 0 atom stereocenters. The van der Waals surface area contributed by atoms with Crippen molar-refractivity contribution in [3.63, 3.8) is 0 Å². The molecule has 0 amide bonds. The van der Waals surface area contributed by atoms with Gasteiger partial charge in [-0.2, -0.15) is 4.57 Å². The van der Waals surface area contributed by atoms with Gasteiger partial charge in [0.05, 0.1) is 5.39 Å². The molecule has 0 aromatic carbocycles. The van der Waals surface area contributed by atoms with Gasteiger partial charge in [0, 0.05) is 28.0 Å². The highest BCUT2D eigenvalue weighted by atomic mass is 32.1. The lowest BCUT2D eigenvalue weighted by Gasteiger charge is -2.11. The van der Waals surface area contributed by atoms with Gasteiger partial charge in [0.1, 0.15) is 4.83 Å². The smallest absolute Gasteiger partial charge is 0.260 e. The van der Waals surface area contributed by atoms with Gasteiger partial charge in [0.2, 0.25) is 6.54 Å². The Bertz CT molecular complexity index is 1090. The molecule has 0 saturated heterocycles. The molecule has 1 N–H and O–H groups in total. The Morgan fingerprint density at radius 1 is 1.15 bits per heavy atom. The van der Waals surface area contributed by atoms with Crippen molar-refractivity contribution in [3.05, 3.63) is 69.2 Å². The Labute approximate surface area is 166 Å². The molecule has 6 heteroatoms. The van der Waals surface area contributed by atoms with Crippen LogP contribution in [0.25, 0.3) is 20.7 Å². The predicted octanol–water partition coefficient (Wildman–Crippen LogP) is 4.95. The van der Waals surface area contributed by atoms with E-state index < -0.39 is 0 Å². The third kappa shape index (κ3) is 3.59. The van der Waals surface area contributed by atoms with Crippen LogP contribution >= 0.6 is 22.7 Å². The molecule has 0 aliphatic rings. The Morgan fingerprint density at radius 3 is 2.59 bits per heavy atom. The minimum Gasteiger partial charge on any atom is -0.305 e. The van der Waals surface area contributed by atoms with Gasteiger partial charge >= 0.3 is 0 Å². The minimum atomic E-state index is -0.0612. The van der Waals surface area contributed by atoms with Crippen LogP contribution in [0.3, 0.4) is 0 Å². The average Bonchev–Trinajstić information content (AvgIpc) is 3.33. The molecule has 27 heavy (non-hydrogen) atoms. The lowest BCUT2D eigenvalue weighted by molar-refractivity contribution is -0.689. The van der Waals surface area contributed by atoms with Crippen LogP contribution in [-0.2, 0) is 6.54 Å². The maximum Gasteiger partial charge on any atom is 0.260 e. The fourth-order valence-corrected chi connectivity index (χ4v) is 5.24. The second kappa shape index (κ2) is 7.74. The number of nitrogens with one attached hydrogen (secondary N) is 1. The first-order valence-electron chi connectivity index (χ1n) is 9.22. The SMILES string of the molecule is CCC(CC)c1cc[n+](Cc2nc3scc(-c4cccs4)c3c(=O)[nH]2)cc1. The normalized spacial score (nSPS) is 11.5. The zero-order chi connectivity index (χ0) is 18.8. The number of rotatable bonds is 6. The first-order chi connectivity index (χ1) is 13.2. The highest BCUT2D eigenvalue weighted by molar-refractivity contribution is 7.18. The molecule has 4 rings (SSSR count). The summed E-state index contributed by atoms with van der Waals surface area (Å²) in [5.41, 5.74) is 2.29. The summed E-state index contributed by atoms with van der Waals surface area (Å²) in [4.78, 5) is 22.3. The summed E-state index contributed by atoms with van der Waals surface area (Å²) in [5.74, 6) is 1.29. The molecule has 0 radical (unpaired) electrons. The summed E-state index contributed by atoms with van der Waals surface area (Å²) < 4.78 is 2.06. The molecular formula is C21H22N3OS2+. The van der Waals surface area contributed by atoms with Gasteiger partial charge in [0.25, 0.3) is 5.56 Å². The average molecular weight is 397 g/mol. The van der Waals surface area contributed by atoms with Crippen molar-refractivity contribution in [1.82, 2.24) is 9.97 Å². The number of hydrogen-bond acceptors (Lipinski definition) is 4. The Balaban J connectivity index is 1.63. The standard InChI is InChI=1S/C21H21N3OS2/c1-3-14(4-2)15-7-9-24(10-8-15)12-18-22-20(25)19-16(13-27-21(19)23-18)17-6-5-11-26-17/h5-11,13-14H,3-4,12H2,1-2H3/p+1. The predicted molar refractivity (Wildman–Crippen MR) is 113 cm³/mol. The molecule has 0 saturated carbocycles. The van der Waals surface area contributed by atoms with Crippen molar-refractivity contribution >= 4 is 32.9 Å². The van der Waals surface area contributed by atoms with E-state index in [1.807, 2.05) is 22.9 Å². The Morgan fingerprint density at radius 2 is 1.93 bits per heavy atom. The zero-order valence-corrected chi connectivity index (χ0v) is 17.1. The van der Waals surface area contributed by atoms with Crippen molar-refractivity contribution in [3.8, 4) is 10.4 Å². The molecule has 138 valence electrons. The quantitative estimate of drug-likeness (QED) is 0.469. The van der Waals surface area contributed by atoms with Crippen LogP contribution in [0.15, 0.2) is 52.2 Å². The van der Waals surface area contributed by atoms with Gasteiger partial charge in [-0.15, -0.1) is 22.7 Å². The number of fused-ring (bicyclic) bond motifs is 1. The van der Waals surface area contributed by atoms with E-state index in [2.05, 4.69) is 47.9 Å². The van der Waals surface area contributed by atoms with Crippen LogP contribution in [0.1, 0.15) is 44.0 Å². The van der Waals surface area contributed by atoms with E-state index in [0.29, 0.717) is 23.7 Å². The first kappa shape index (κ1) is 18.1. The summed E-state index contributed by atoms with van der Waals surface area (Å²) in [6, 6.07) is 8.39. The van der Waals surface area contributed by atoms with Gasteiger partial charge in [-0.3, -0.25) is 4.79 Å². The largest absolute Gasteiger partial charge is 0.305 e. The number of aromatic nitrogens is 3. The summed E-state index contributed by atoms with van der Waals surface area (Å²) in [5, 5.41) is 4.75. The second-order valence-electron chi connectivity index (χ2n) is 6.64. The van der Waals surface area contributed by atoms with Crippen molar-refractivity contribution in [2.45, 2.75) is 39.2 Å². The number of hydrogen-bond donors (Lipinski definition) is 1. The number of H-pyrrole nitrogens is 1. The topological polar surface area (TPSA) is 49.6 Å². The van der Waals surface area contributed by atoms with Gasteiger partial charge in [-0.1, -0.05) is 19.9 Å². The fraction of sp³-hybridized carbons (Fsp3) is 0.286. The van der Waals surface area contributed by atoms with Crippen molar-refractivity contribution in [1.29, 1.82) is 0 Å². The van der Waals surface area contributed by atoms with Crippen LogP contribution in [0.2, 0.25) is 0 Å². The monoisotopic (exact) mass is 396 g/mol. The molecular weight excluding hydrogens is 374 g/mol. The molecule has 0 bridgehead atoms. The fourth-order valence-electron chi connectivity index (χ4n) is 3.46. The molecule has 0 aliphatic heterocycles. The van der Waals surface area contributed by atoms with E-state index in [4.69, 9.17) is 4.98 Å². The summed E-state index contributed by atoms with van der Waals surface area (Å²) in [6.07, 6.45) is 6.45. The second-order valence-corrected chi connectivity index (χ2v) is 8.44. The van der Waals surface area contributed by atoms with E-state index in [0.717, 1.165) is 28.1 Å². The van der Waals surface area contributed by atoms with Gasteiger partial charge in [-0.05, 0) is 35.8 Å². The Hall–Kier alpha value is -2.31. The number of thiophene rings is 2. The lowest BCUT2D eigenvalue weighted by Crippen LogP contribution is -2.35. The Kier molecular flexibility index (Phi) is 5.18. The lowest BCUT2D eigenvalue weighted by atomic mass is 9.95. The van der Waals surface area contributed by atoms with E-state index in [-0.39, 0.29) is 5.56 Å². The molecule has 0 fully saturated rings. The molecule has 0 unspecified atom stereocenters. The van der Waals surface area contributed by atoms with Crippen LogP contribution in [-0.4, -0.2) is 9.97 Å². The van der Waals surface area contributed by atoms with E-state index in [1.54, 1.807) is 11.3 Å². The molecule has 4 nitrogen and oxygen atoms in total. The minimum absolute atomic E-state index is 0.0612. The maximum absolute atomic E-state index is 12.7. The van der Waals surface area contributed by atoms with Gasteiger partial charge < -0.3 is 4.98 Å². The van der Waals surface area contributed by atoms with Gasteiger partial charge in [-0.25, -0.2) is 4.98 Å². The van der Waals surface area contributed by atoms with E-state index in [9.17, 15) is 4.79 Å². The van der Waals surface area contributed by atoms with Crippen molar-refractivity contribution in [2.75, 3.05) is 0 Å². The summed E-state index contributed by atoms with van der Waals surface area (Å²) in [7, 11) is 0. The summed E-state index contributed by atoms with van der Waals surface area (Å²) >= 11 is 3.17. The first-order valence-corrected chi connectivity index (χ1v) is 11.0. The third-order valence-corrected chi connectivity index (χ3v) is 6.76. The highest BCUT2D eigenvalue weighted by Gasteiger charge is 2.15. The summed E-state index contributed by atoms with van der Waals surface area (Å²) in [6.45, 7) is 5.01. The van der Waals surface area contributed by atoms with E-state index in [1.165, 1.54) is 16.9 Å². The van der Waals surface area contributed by atoms with Crippen LogP contribution in [0, 0.1) is 0 Å². The van der Waals surface area contributed by atoms with Gasteiger partial charge in [0.15, 0.2) is 18.2 Å². The zero-order valence-electron chi connectivity index (χ0n) is 15.4. The van der Waals surface area contributed by atoms with Crippen LogP contribution < -0.4 is 10.1 Å². The van der Waals surface area contributed by atoms with Crippen molar-refractivity contribution in [2.24, 2.45) is 0 Å². The molecule has 4 aromatic heterocycles. The maximum atomic E-state index is 12.7. The molecule has 0 spiro atoms. The molecule has 4 heterocycles.